The predicted octanol–water partition coefficient (Wildman–Crippen LogP) is 2.28. The molecule has 0 atom stereocenters. The van der Waals surface area contributed by atoms with E-state index in [1.807, 2.05) is 0 Å². The Morgan fingerprint density at radius 1 is 1.37 bits per heavy atom. The second kappa shape index (κ2) is 6.80. The van der Waals surface area contributed by atoms with Gasteiger partial charge in [0.25, 0.3) is 0 Å². The summed E-state index contributed by atoms with van der Waals surface area (Å²) in [6.45, 7) is 4.06. The van der Waals surface area contributed by atoms with E-state index in [0.29, 0.717) is 11.6 Å². The minimum Gasteiger partial charge on any atom is -0.478 e. The number of halogens is 1. The Labute approximate surface area is 116 Å². The number of hydrogen-bond acceptors (Lipinski definition) is 2. The highest BCUT2D eigenvalue weighted by atomic mass is 35.5. The molecular weight excluding hydrogens is 268 g/mol. The molecule has 0 aliphatic heterocycles. The smallest absolute Gasteiger partial charge is 0.335 e. The largest absolute Gasteiger partial charge is 0.478 e. The second-order valence-corrected chi connectivity index (χ2v) is 4.57. The number of nitrogens with one attached hydrogen (secondary N) is 1. The molecule has 0 aliphatic carbocycles. The van der Waals surface area contributed by atoms with E-state index >= 15 is 0 Å². The van der Waals surface area contributed by atoms with Crippen LogP contribution in [-0.2, 0) is 6.54 Å². The lowest BCUT2D eigenvalue weighted by molar-refractivity contribution is 0.0697. The third-order valence-electron chi connectivity index (χ3n) is 2.40. The van der Waals surface area contributed by atoms with E-state index in [0.717, 1.165) is 5.56 Å². The van der Waals surface area contributed by atoms with Gasteiger partial charge in [-0.15, -0.1) is 0 Å². The minimum absolute atomic E-state index is 0.211. The molecule has 0 spiro atoms. The maximum Gasteiger partial charge on any atom is 0.335 e. The van der Waals surface area contributed by atoms with Gasteiger partial charge in [-0.1, -0.05) is 30.3 Å². The van der Waals surface area contributed by atoms with Crippen LogP contribution in [0.2, 0.25) is 0 Å². The third-order valence-corrected chi connectivity index (χ3v) is 2.53. The van der Waals surface area contributed by atoms with Gasteiger partial charge in [-0.2, -0.15) is 0 Å². The summed E-state index contributed by atoms with van der Waals surface area (Å²) < 4.78 is 0. The SMILES string of the molecule is C=C(Cl)CNC(=O)N(C)Cc1ccc(C(=O)O)cc1. The van der Waals surface area contributed by atoms with Crippen molar-refractivity contribution in [3.05, 3.63) is 47.0 Å². The highest BCUT2D eigenvalue weighted by molar-refractivity contribution is 6.29. The van der Waals surface area contributed by atoms with Crippen molar-refractivity contribution in [3.8, 4) is 0 Å². The molecule has 6 heteroatoms. The zero-order valence-electron chi connectivity index (χ0n) is 10.5. The summed E-state index contributed by atoms with van der Waals surface area (Å²) in [4.78, 5) is 23.8. The van der Waals surface area contributed by atoms with E-state index in [2.05, 4.69) is 11.9 Å². The van der Waals surface area contributed by atoms with Crippen molar-refractivity contribution in [3.63, 3.8) is 0 Å². The van der Waals surface area contributed by atoms with E-state index in [4.69, 9.17) is 16.7 Å². The van der Waals surface area contributed by atoms with Crippen LogP contribution in [-0.4, -0.2) is 35.6 Å². The summed E-state index contributed by atoms with van der Waals surface area (Å²) >= 11 is 5.55. The molecule has 1 aromatic carbocycles. The monoisotopic (exact) mass is 282 g/mol. The highest BCUT2D eigenvalue weighted by Crippen LogP contribution is 2.07. The van der Waals surface area contributed by atoms with Gasteiger partial charge < -0.3 is 15.3 Å². The molecule has 5 nitrogen and oxygen atoms in total. The fourth-order valence-electron chi connectivity index (χ4n) is 1.40. The maximum atomic E-state index is 11.6. The summed E-state index contributed by atoms with van der Waals surface area (Å²) in [6, 6.07) is 6.08. The molecule has 0 aliphatic rings. The Balaban J connectivity index is 2.56. The Morgan fingerprint density at radius 3 is 2.42 bits per heavy atom. The highest BCUT2D eigenvalue weighted by Gasteiger charge is 2.09. The number of hydrogen-bond donors (Lipinski definition) is 2. The van der Waals surface area contributed by atoms with E-state index < -0.39 is 5.97 Å². The van der Waals surface area contributed by atoms with E-state index in [1.54, 1.807) is 19.2 Å². The summed E-state index contributed by atoms with van der Waals surface area (Å²) in [6.07, 6.45) is 0. The number of amides is 2. The van der Waals surface area contributed by atoms with Crippen molar-refractivity contribution in [2.75, 3.05) is 13.6 Å². The average Bonchev–Trinajstić information content (AvgIpc) is 2.36. The topological polar surface area (TPSA) is 69.6 Å². The van der Waals surface area contributed by atoms with Gasteiger partial charge in [-0.05, 0) is 17.7 Å². The van der Waals surface area contributed by atoms with E-state index in [-0.39, 0.29) is 18.1 Å². The molecule has 0 saturated carbocycles. The third kappa shape index (κ3) is 5.01. The fraction of sp³-hybridized carbons (Fsp3) is 0.231. The van der Waals surface area contributed by atoms with Crippen molar-refractivity contribution in [1.82, 2.24) is 10.2 Å². The first-order valence-electron chi connectivity index (χ1n) is 5.54. The van der Waals surface area contributed by atoms with Crippen LogP contribution in [0.1, 0.15) is 15.9 Å². The van der Waals surface area contributed by atoms with Crippen LogP contribution in [0.3, 0.4) is 0 Å². The minimum atomic E-state index is -0.974. The van der Waals surface area contributed by atoms with Crippen LogP contribution >= 0.6 is 11.6 Å². The number of carbonyl (C=O) groups excluding carboxylic acids is 1. The zero-order chi connectivity index (χ0) is 14.4. The molecule has 0 saturated heterocycles. The van der Waals surface area contributed by atoms with Crippen LogP contribution in [0, 0.1) is 0 Å². The molecular formula is C13H15ClN2O3. The molecule has 0 aromatic heterocycles. The molecule has 0 fully saturated rings. The molecule has 0 unspecified atom stereocenters. The molecule has 102 valence electrons. The number of aromatic carboxylic acids is 1. The van der Waals surface area contributed by atoms with Gasteiger partial charge >= 0.3 is 12.0 Å². The van der Waals surface area contributed by atoms with Crippen molar-refractivity contribution in [1.29, 1.82) is 0 Å². The Bertz CT molecular complexity index is 485. The first-order valence-corrected chi connectivity index (χ1v) is 5.92. The predicted molar refractivity (Wildman–Crippen MR) is 73.3 cm³/mol. The number of carboxylic acids is 1. The maximum absolute atomic E-state index is 11.6. The number of carboxylic acid groups (broad SMARTS) is 1. The Hall–Kier alpha value is -2.01. The number of urea groups is 1. The van der Waals surface area contributed by atoms with Gasteiger partial charge in [0.05, 0.1) is 12.1 Å². The number of rotatable bonds is 5. The van der Waals surface area contributed by atoms with Crippen LogP contribution < -0.4 is 5.32 Å². The first-order chi connectivity index (χ1) is 8.90. The molecule has 0 radical (unpaired) electrons. The van der Waals surface area contributed by atoms with Crippen LogP contribution in [0.15, 0.2) is 35.9 Å². The van der Waals surface area contributed by atoms with Crippen molar-refractivity contribution in [2.24, 2.45) is 0 Å². The lowest BCUT2D eigenvalue weighted by atomic mass is 10.1. The molecule has 2 N–H and O–H groups in total. The molecule has 0 heterocycles. The number of nitrogens with zero attached hydrogens (tertiary/aromatic N) is 1. The van der Waals surface area contributed by atoms with Crippen molar-refractivity contribution in [2.45, 2.75) is 6.54 Å². The quantitative estimate of drug-likeness (QED) is 0.870. The summed E-state index contributed by atoms with van der Waals surface area (Å²) in [5.74, 6) is -0.974. The molecule has 19 heavy (non-hydrogen) atoms. The molecule has 1 aromatic rings. The first kappa shape index (κ1) is 15.0. The van der Waals surface area contributed by atoms with E-state index in [9.17, 15) is 9.59 Å². The van der Waals surface area contributed by atoms with Gasteiger partial charge in [-0.25, -0.2) is 9.59 Å². The Kier molecular flexibility index (Phi) is 5.38. The van der Waals surface area contributed by atoms with Gasteiger partial charge in [-0.3, -0.25) is 0 Å². The Morgan fingerprint density at radius 2 is 1.95 bits per heavy atom. The summed E-state index contributed by atoms with van der Waals surface area (Å²) in [7, 11) is 1.64. The van der Waals surface area contributed by atoms with Crippen molar-refractivity contribution >= 4 is 23.6 Å². The molecule has 0 bridgehead atoms. The summed E-state index contributed by atoms with van der Waals surface area (Å²) in [5, 5.41) is 11.7. The van der Waals surface area contributed by atoms with Crippen LogP contribution in [0.4, 0.5) is 4.79 Å². The van der Waals surface area contributed by atoms with Crippen molar-refractivity contribution < 1.29 is 14.7 Å². The van der Waals surface area contributed by atoms with Gasteiger partial charge in [0.1, 0.15) is 0 Å². The number of benzene rings is 1. The standard InChI is InChI=1S/C13H15ClN2O3/c1-9(14)7-15-13(19)16(2)8-10-3-5-11(6-4-10)12(17)18/h3-6H,1,7-8H2,2H3,(H,15,19)(H,17,18). The lowest BCUT2D eigenvalue weighted by Crippen LogP contribution is -2.37. The average molecular weight is 283 g/mol. The fourth-order valence-corrected chi connectivity index (χ4v) is 1.47. The van der Waals surface area contributed by atoms with Gasteiger partial charge in [0.2, 0.25) is 0 Å². The van der Waals surface area contributed by atoms with Crippen LogP contribution in [0.5, 0.6) is 0 Å². The second-order valence-electron chi connectivity index (χ2n) is 4.03. The lowest BCUT2D eigenvalue weighted by Gasteiger charge is -2.17. The summed E-state index contributed by atoms with van der Waals surface area (Å²) in [5.41, 5.74) is 1.06. The van der Waals surface area contributed by atoms with Gasteiger partial charge in [0, 0.05) is 18.6 Å². The van der Waals surface area contributed by atoms with Crippen LogP contribution in [0.25, 0.3) is 0 Å². The molecule has 1 rings (SSSR count). The van der Waals surface area contributed by atoms with Gasteiger partial charge in [0.15, 0.2) is 0 Å². The zero-order valence-corrected chi connectivity index (χ0v) is 11.3. The number of carbonyl (C=O) groups is 2. The normalized spacial score (nSPS) is 9.79. The van der Waals surface area contributed by atoms with E-state index in [1.165, 1.54) is 17.0 Å². The molecule has 2 amide bonds.